The number of esters is 1. The summed E-state index contributed by atoms with van der Waals surface area (Å²) in [4.78, 5) is 28.2. The van der Waals surface area contributed by atoms with E-state index < -0.39 is 17.3 Å². The molecule has 1 aliphatic rings. The number of aliphatic imine (C=N–C) groups is 1. The van der Waals surface area contributed by atoms with Gasteiger partial charge in [-0.3, -0.25) is 14.6 Å². The summed E-state index contributed by atoms with van der Waals surface area (Å²) in [7, 11) is 1.27. The first-order valence-electron chi connectivity index (χ1n) is 6.59. The molecule has 0 aromatic rings. The van der Waals surface area contributed by atoms with Crippen LogP contribution in [-0.2, 0) is 14.3 Å². The number of carbonyl (C=O) groups excluding carboxylic acids is 2. The van der Waals surface area contributed by atoms with E-state index in [9.17, 15) is 14.7 Å². The SMILES string of the molecule is COC(=O)C1C(O)=C(C=NC(C)(C)C)C(=O)CC1(C)C. The molecule has 112 valence electrons. The average Bonchev–Trinajstić information content (AvgIpc) is 2.24. The standard InChI is InChI=1S/C15H23NO4/c1-14(2,3)16-8-9-10(17)7-15(4,5)11(12(9)18)13(19)20-6/h8,11,18H,7H2,1-6H3. The summed E-state index contributed by atoms with van der Waals surface area (Å²) >= 11 is 0. The molecule has 0 fully saturated rings. The number of Topliss-reactive ketones (excluding diaryl/α,β-unsaturated/α-hetero) is 1. The number of carbonyl (C=O) groups is 2. The van der Waals surface area contributed by atoms with E-state index in [2.05, 4.69) is 4.99 Å². The number of hydrogen-bond acceptors (Lipinski definition) is 5. The van der Waals surface area contributed by atoms with Gasteiger partial charge in [0.2, 0.25) is 0 Å². The fourth-order valence-electron chi connectivity index (χ4n) is 2.22. The van der Waals surface area contributed by atoms with Crippen LogP contribution < -0.4 is 0 Å². The van der Waals surface area contributed by atoms with Gasteiger partial charge >= 0.3 is 5.97 Å². The molecule has 0 amide bonds. The Morgan fingerprint density at radius 2 is 2.00 bits per heavy atom. The van der Waals surface area contributed by atoms with Gasteiger partial charge in [-0.25, -0.2) is 0 Å². The Hall–Kier alpha value is -1.65. The van der Waals surface area contributed by atoms with Crippen LogP contribution in [0.2, 0.25) is 0 Å². The molecular weight excluding hydrogens is 258 g/mol. The van der Waals surface area contributed by atoms with Crippen LogP contribution in [0.4, 0.5) is 0 Å². The van der Waals surface area contributed by atoms with Crippen molar-refractivity contribution in [3.8, 4) is 0 Å². The highest BCUT2D eigenvalue weighted by Crippen LogP contribution is 2.41. The van der Waals surface area contributed by atoms with Crippen LogP contribution in [0.1, 0.15) is 41.0 Å². The molecule has 0 spiro atoms. The van der Waals surface area contributed by atoms with Crippen molar-refractivity contribution in [2.24, 2.45) is 16.3 Å². The molecule has 0 aromatic heterocycles. The maximum absolute atomic E-state index is 12.1. The molecule has 0 heterocycles. The van der Waals surface area contributed by atoms with Crippen molar-refractivity contribution in [2.75, 3.05) is 7.11 Å². The zero-order valence-electron chi connectivity index (χ0n) is 13.0. The molecule has 5 nitrogen and oxygen atoms in total. The fourth-order valence-corrected chi connectivity index (χ4v) is 2.22. The van der Waals surface area contributed by atoms with E-state index >= 15 is 0 Å². The molecule has 0 aromatic carbocycles. The minimum Gasteiger partial charge on any atom is -0.511 e. The van der Waals surface area contributed by atoms with Crippen molar-refractivity contribution in [3.63, 3.8) is 0 Å². The molecule has 0 saturated heterocycles. The lowest BCUT2D eigenvalue weighted by Crippen LogP contribution is -2.40. The molecule has 1 N–H and O–H groups in total. The smallest absolute Gasteiger partial charge is 0.316 e. The lowest BCUT2D eigenvalue weighted by Gasteiger charge is -2.35. The van der Waals surface area contributed by atoms with E-state index in [0.29, 0.717) is 0 Å². The third-order valence-corrected chi connectivity index (χ3v) is 3.27. The van der Waals surface area contributed by atoms with E-state index in [1.807, 2.05) is 20.8 Å². The van der Waals surface area contributed by atoms with Gasteiger partial charge < -0.3 is 9.84 Å². The number of ketones is 1. The lowest BCUT2D eigenvalue weighted by atomic mass is 9.68. The van der Waals surface area contributed by atoms with Gasteiger partial charge in [0.25, 0.3) is 0 Å². The zero-order chi connectivity index (χ0) is 15.7. The molecule has 1 rings (SSSR count). The molecule has 1 aliphatic carbocycles. The summed E-state index contributed by atoms with van der Waals surface area (Å²) in [6.07, 6.45) is 1.53. The van der Waals surface area contributed by atoms with Gasteiger partial charge in [0, 0.05) is 12.6 Å². The van der Waals surface area contributed by atoms with Crippen molar-refractivity contribution in [3.05, 3.63) is 11.3 Å². The lowest BCUT2D eigenvalue weighted by molar-refractivity contribution is -0.150. The Morgan fingerprint density at radius 3 is 2.45 bits per heavy atom. The van der Waals surface area contributed by atoms with Crippen LogP contribution >= 0.6 is 0 Å². The number of ether oxygens (including phenoxy) is 1. The number of nitrogens with zero attached hydrogens (tertiary/aromatic N) is 1. The van der Waals surface area contributed by atoms with Crippen molar-refractivity contribution < 1.29 is 19.4 Å². The van der Waals surface area contributed by atoms with Crippen LogP contribution in [0, 0.1) is 11.3 Å². The van der Waals surface area contributed by atoms with Crippen LogP contribution in [-0.4, -0.2) is 35.7 Å². The quantitative estimate of drug-likeness (QED) is 0.623. The predicted octanol–water partition coefficient (Wildman–Crippen LogP) is 2.46. The number of methoxy groups -OCH3 is 1. The van der Waals surface area contributed by atoms with Crippen LogP contribution in [0.15, 0.2) is 16.3 Å². The topological polar surface area (TPSA) is 76.0 Å². The zero-order valence-corrected chi connectivity index (χ0v) is 13.0. The Kier molecular flexibility index (Phi) is 4.42. The summed E-state index contributed by atoms with van der Waals surface area (Å²) in [5, 5.41) is 10.3. The second kappa shape index (κ2) is 5.38. The van der Waals surface area contributed by atoms with Gasteiger partial charge in [-0.1, -0.05) is 13.8 Å². The van der Waals surface area contributed by atoms with Gasteiger partial charge in [0.1, 0.15) is 11.7 Å². The third-order valence-electron chi connectivity index (χ3n) is 3.27. The van der Waals surface area contributed by atoms with E-state index in [1.165, 1.54) is 13.3 Å². The van der Waals surface area contributed by atoms with E-state index in [4.69, 9.17) is 4.74 Å². The molecular formula is C15H23NO4. The first-order valence-corrected chi connectivity index (χ1v) is 6.59. The normalized spacial score (nSPS) is 23.3. The number of aliphatic hydroxyl groups is 1. The first-order chi connectivity index (χ1) is 8.99. The molecule has 1 unspecified atom stereocenters. The third kappa shape index (κ3) is 3.46. The fraction of sp³-hybridized carbons (Fsp3) is 0.667. The number of hydrogen-bond donors (Lipinski definition) is 1. The second-order valence-electron chi connectivity index (χ2n) is 6.77. The van der Waals surface area contributed by atoms with Gasteiger partial charge in [0.05, 0.1) is 18.2 Å². The van der Waals surface area contributed by atoms with E-state index in [-0.39, 0.29) is 29.1 Å². The Balaban J connectivity index is 3.30. The largest absolute Gasteiger partial charge is 0.511 e. The minimum atomic E-state index is -0.841. The van der Waals surface area contributed by atoms with Crippen LogP contribution in [0.5, 0.6) is 0 Å². The Bertz CT molecular complexity index is 481. The van der Waals surface area contributed by atoms with Crippen LogP contribution in [0.3, 0.4) is 0 Å². The monoisotopic (exact) mass is 281 g/mol. The van der Waals surface area contributed by atoms with Crippen molar-refractivity contribution in [1.29, 1.82) is 0 Å². The van der Waals surface area contributed by atoms with Crippen molar-refractivity contribution >= 4 is 18.0 Å². The predicted molar refractivity (Wildman–Crippen MR) is 76.8 cm³/mol. The highest BCUT2D eigenvalue weighted by Gasteiger charge is 2.46. The maximum Gasteiger partial charge on any atom is 0.316 e. The number of aliphatic hydroxyl groups excluding tert-OH is 1. The van der Waals surface area contributed by atoms with Gasteiger partial charge in [-0.05, 0) is 26.2 Å². The first kappa shape index (κ1) is 16.4. The molecule has 1 atom stereocenters. The minimum absolute atomic E-state index is 0.106. The van der Waals surface area contributed by atoms with Crippen LogP contribution in [0.25, 0.3) is 0 Å². The Morgan fingerprint density at radius 1 is 1.45 bits per heavy atom. The molecule has 0 bridgehead atoms. The van der Waals surface area contributed by atoms with Crippen molar-refractivity contribution in [2.45, 2.75) is 46.6 Å². The Labute approximate surface area is 119 Å². The summed E-state index contributed by atoms with van der Waals surface area (Å²) in [5.74, 6) is -1.83. The number of rotatable bonds is 2. The van der Waals surface area contributed by atoms with Gasteiger partial charge in [-0.2, -0.15) is 0 Å². The highest BCUT2D eigenvalue weighted by atomic mass is 16.5. The van der Waals surface area contributed by atoms with E-state index in [1.54, 1.807) is 13.8 Å². The second-order valence-corrected chi connectivity index (χ2v) is 6.77. The summed E-state index contributed by atoms with van der Waals surface area (Å²) in [5.41, 5.74) is -0.927. The highest BCUT2D eigenvalue weighted by molar-refractivity contribution is 6.15. The molecule has 5 heteroatoms. The molecule has 0 saturated carbocycles. The van der Waals surface area contributed by atoms with Gasteiger partial charge in [0.15, 0.2) is 5.78 Å². The van der Waals surface area contributed by atoms with Crippen molar-refractivity contribution in [1.82, 2.24) is 0 Å². The number of allylic oxidation sites excluding steroid dienone is 1. The average molecular weight is 281 g/mol. The van der Waals surface area contributed by atoms with E-state index in [0.717, 1.165) is 0 Å². The molecule has 0 aliphatic heterocycles. The molecule has 0 radical (unpaired) electrons. The molecule has 20 heavy (non-hydrogen) atoms. The maximum atomic E-state index is 12.1. The summed E-state index contributed by atoms with van der Waals surface area (Å²) < 4.78 is 4.74. The summed E-state index contributed by atoms with van der Waals surface area (Å²) in [6.45, 7) is 9.18. The van der Waals surface area contributed by atoms with Gasteiger partial charge in [-0.15, -0.1) is 0 Å². The summed E-state index contributed by atoms with van der Waals surface area (Å²) in [6, 6.07) is 0.